The van der Waals surface area contributed by atoms with Crippen LogP contribution in [0, 0.1) is 0 Å². The van der Waals surface area contributed by atoms with E-state index in [1.54, 1.807) is 24.3 Å². The van der Waals surface area contributed by atoms with Crippen LogP contribution in [0.3, 0.4) is 0 Å². The van der Waals surface area contributed by atoms with Crippen molar-refractivity contribution >= 4 is 29.2 Å². The first-order valence-corrected chi connectivity index (χ1v) is 9.66. The Morgan fingerprint density at radius 3 is 2.03 bits per heavy atom. The maximum Gasteiger partial charge on any atom is 0.573 e. The normalized spacial score (nSPS) is 12.3. The second-order valence-electron chi connectivity index (χ2n) is 6.48. The Morgan fingerprint density at radius 1 is 0.935 bits per heavy atom. The van der Waals surface area contributed by atoms with E-state index in [0.29, 0.717) is 11.1 Å². The van der Waals surface area contributed by atoms with Crippen LogP contribution in [0.2, 0.25) is 10.0 Å². The number of halogens is 5. The minimum Gasteiger partial charge on any atom is -0.478 e. The quantitative estimate of drug-likeness (QED) is 0.420. The molecule has 0 aliphatic rings. The van der Waals surface area contributed by atoms with E-state index in [1.165, 1.54) is 24.3 Å². The molecule has 0 amide bonds. The standard InChI is InChI=1S/C22H15Cl2F3O4/c23-17-11-15(14-6-8-16(9-7-14)31-22(25,26)27)12-18(24)20(17)30-19(21(28)29)10-13-4-2-1-3-5-13/h1-9,11-12,19H,10H2,(H,28,29). The number of benzene rings is 3. The Kier molecular flexibility index (Phi) is 6.97. The van der Waals surface area contributed by atoms with E-state index in [2.05, 4.69) is 4.74 Å². The molecule has 3 aromatic carbocycles. The SMILES string of the molecule is O=C(O)C(Cc1ccccc1)Oc1c(Cl)cc(-c2ccc(OC(F)(F)F)cc2)cc1Cl. The summed E-state index contributed by atoms with van der Waals surface area (Å²) < 4.78 is 46.3. The summed E-state index contributed by atoms with van der Waals surface area (Å²) >= 11 is 12.6. The molecule has 0 fully saturated rings. The molecule has 9 heteroatoms. The molecule has 0 radical (unpaired) electrons. The van der Waals surface area contributed by atoms with Crippen LogP contribution in [0.4, 0.5) is 13.2 Å². The van der Waals surface area contributed by atoms with Gasteiger partial charge in [0.05, 0.1) is 10.0 Å². The highest BCUT2D eigenvalue weighted by Gasteiger charge is 2.31. The number of hydrogen-bond acceptors (Lipinski definition) is 3. The number of carbonyl (C=O) groups is 1. The molecule has 3 aromatic rings. The number of hydrogen-bond donors (Lipinski definition) is 1. The summed E-state index contributed by atoms with van der Waals surface area (Å²) in [6.07, 6.45) is -5.90. The van der Waals surface area contributed by atoms with Crippen molar-refractivity contribution in [3.63, 3.8) is 0 Å². The van der Waals surface area contributed by atoms with Crippen LogP contribution in [-0.2, 0) is 11.2 Å². The zero-order valence-electron chi connectivity index (χ0n) is 15.7. The van der Waals surface area contributed by atoms with Gasteiger partial charge < -0.3 is 14.6 Å². The van der Waals surface area contributed by atoms with Crippen molar-refractivity contribution in [1.82, 2.24) is 0 Å². The first-order chi connectivity index (χ1) is 14.6. The van der Waals surface area contributed by atoms with Gasteiger partial charge in [-0.2, -0.15) is 0 Å². The average Bonchev–Trinajstić information content (AvgIpc) is 2.69. The van der Waals surface area contributed by atoms with Crippen LogP contribution in [0.25, 0.3) is 11.1 Å². The van der Waals surface area contributed by atoms with Gasteiger partial charge in [0.2, 0.25) is 0 Å². The molecule has 0 saturated heterocycles. The number of carboxylic acids is 1. The second-order valence-corrected chi connectivity index (χ2v) is 7.29. The third-order valence-corrected chi connectivity index (χ3v) is 4.78. The lowest BCUT2D eigenvalue weighted by molar-refractivity contribution is -0.274. The summed E-state index contributed by atoms with van der Waals surface area (Å²) in [5, 5.41) is 9.65. The van der Waals surface area contributed by atoms with Gasteiger partial charge in [0.25, 0.3) is 0 Å². The minimum atomic E-state index is -4.78. The van der Waals surface area contributed by atoms with Gasteiger partial charge in [0.1, 0.15) is 5.75 Å². The van der Waals surface area contributed by atoms with Crippen molar-refractivity contribution in [2.45, 2.75) is 18.9 Å². The molecule has 0 bridgehead atoms. The van der Waals surface area contributed by atoms with E-state index in [4.69, 9.17) is 27.9 Å². The van der Waals surface area contributed by atoms with Crippen molar-refractivity contribution in [3.8, 4) is 22.6 Å². The number of carboxylic acid groups (broad SMARTS) is 1. The number of ether oxygens (including phenoxy) is 2. The predicted octanol–water partition coefficient (Wildman–Crippen LogP) is 6.63. The smallest absolute Gasteiger partial charge is 0.478 e. The summed E-state index contributed by atoms with van der Waals surface area (Å²) in [6, 6.07) is 17.1. The molecule has 0 spiro atoms. The Hall–Kier alpha value is -2.90. The lowest BCUT2D eigenvalue weighted by Crippen LogP contribution is -2.29. The number of aliphatic carboxylic acids is 1. The molecule has 0 aromatic heterocycles. The number of rotatable bonds is 7. The summed E-state index contributed by atoms with van der Waals surface area (Å²) in [5.74, 6) is -1.54. The molecule has 0 saturated carbocycles. The van der Waals surface area contributed by atoms with E-state index in [1.807, 2.05) is 6.07 Å². The summed E-state index contributed by atoms with van der Waals surface area (Å²) in [4.78, 5) is 11.6. The van der Waals surface area contributed by atoms with Gasteiger partial charge in [-0.15, -0.1) is 13.2 Å². The van der Waals surface area contributed by atoms with Gasteiger partial charge in [-0.3, -0.25) is 0 Å². The van der Waals surface area contributed by atoms with Gasteiger partial charge >= 0.3 is 12.3 Å². The molecule has 0 aliphatic carbocycles. The van der Waals surface area contributed by atoms with Crippen LogP contribution in [-0.4, -0.2) is 23.5 Å². The fraction of sp³-hybridized carbons (Fsp3) is 0.136. The lowest BCUT2D eigenvalue weighted by atomic mass is 10.1. The highest BCUT2D eigenvalue weighted by molar-refractivity contribution is 6.37. The van der Waals surface area contributed by atoms with Crippen molar-refractivity contribution in [2.24, 2.45) is 0 Å². The van der Waals surface area contributed by atoms with Crippen molar-refractivity contribution in [3.05, 3.63) is 82.3 Å². The molecule has 3 rings (SSSR count). The molecule has 4 nitrogen and oxygen atoms in total. The van der Waals surface area contributed by atoms with Crippen LogP contribution >= 0.6 is 23.2 Å². The summed E-state index contributed by atoms with van der Waals surface area (Å²) in [5.41, 5.74) is 1.81. The zero-order chi connectivity index (χ0) is 22.6. The van der Waals surface area contributed by atoms with Gasteiger partial charge in [-0.25, -0.2) is 4.79 Å². The lowest BCUT2D eigenvalue weighted by Gasteiger charge is -2.18. The third-order valence-electron chi connectivity index (χ3n) is 4.22. The molecule has 1 N–H and O–H groups in total. The molecule has 0 aliphatic heterocycles. The van der Waals surface area contributed by atoms with Gasteiger partial charge in [-0.05, 0) is 41.0 Å². The molecule has 1 atom stereocenters. The predicted molar refractivity (Wildman–Crippen MR) is 111 cm³/mol. The summed E-state index contributed by atoms with van der Waals surface area (Å²) in [6.45, 7) is 0. The number of alkyl halides is 3. The Balaban J connectivity index is 1.82. The van der Waals surface area contributed by atoms with Gasteiger partial charge in [-0.1, -0.05) is 65.7 Å². The minimum absolute atomic E-state index is 0.00689. The maximum absolute atomic E-state index is 12.3. The van der Waals surface area contributed by atoms with Gasteiger partial charge in [0, 0.05) is 6.42 Å². The van der Waals surface area contributed by atoms with Crippen LogP contribution in [0.5, 0.6) is 11.5 Å². The molecular weight excluding hydrogens is 456 g/mol. The maximum atomic E-state index is 12.3. The topological polar surface area (TPSA) is 55.8 Å². The third kappa shape index (κ3) is 6.29. The Bertz CT molecular complexity index is 1030. The van der Waals surface area contributed by atoms with Crippen LogP contribution in [0.15, 0.2) is 66.7 Å². The first kappa shape index (κ1) is 22.8. The second kappa shape index (κ2) is 9.49. The molecule has 1 unspecified atom stereocenters. The van der Waals surface area contributed by atoms with E-state index in [9.17, 15) is 23.1 Å². The Labute approximate surface area is 185 Å². The van der Waals surface area contributed by atoms with Crippen molar-refractivity contribution in [2.75, 3.05) is 0 Å². The highest BCUT2D eigenvalue weighted by atomic mass is 35.5. The molecule has 0 heterocycles. The van der Waals surface area contributed by atoms with E-state index in [-0.39, 0.29) is 28.0 Å². The molecule has 31 heavy (non-hydrogen) atoms. The van der Waals surface area contributed by atoms with Crippen LogP contribution in [0.1, 0.15) is 5.56 Å². The zero-order valence-corrected chi connectivity index (χ0v) is 17.2. The van der Waals surface area contributed by atoms with Gasteiger partial charge in [0.15, 0.2) is 11.9 Å². The average molecular weight is 471 g/mol. The van der Waals surface area contributed by atoms with Crippen molar-refractivity contribution < 1.29 is 32.5 Å². The van der Waals surface area contributed by atoms with E-state index < -0.39 is 18.4 Å². The van der Waals surface area contributed by atoms with Crippen LogP contribution < -0.4 is 9.47 Å². The summed E-state index contributed by atoms with van der Waals surface area (Å²) in [7, 11) is 0. The van der Waals surface area contributed by atoms with E-state index >= 15 is 0 Å². The first-order valence-electron chi connectivity index (χ1n) is 8.91. The highest BCUT2D eigenvalue weighted by Crippen LogP contribution is 2.39. The largest absolute Gasteiger partial charge is 0.573 e. The molecular formula is C22H15Cl2F3O4. The monoisotopic (exact) mass is 470 g/mol. The van der Waals surface area contributed by atoms with E-state index in [0.717, 1.165) is 17.7 Å². The fourth-order valence-corrected chi connectivity index (χ4v) is 3.41. The van der Waals surface area contributed by atoms with Crippen molar-refractivity contribution in [1.29, 1.82) is 0 Å². The Morgan fingerprint density at radius 2 is 1.52 bits per heavy atom. The fourth-order valence-electron chi connectivity index (χ4n) is 2.84. The molecule has 162 valence electrons.